The Labute approximate surface area is 165 Å². The number of fused-ring (bicyclic) bond motifs is 1. The molecule has 4 rings (SSSR count). The first-order valence-electron chi connectivity index (χ1n) is 8.94. The van der Waals surface area contributed by atoms with Gasteiger partial charge in [0.2, 0.25) is 0 Å². The van der Waals surface area contributed by atoms with Crippen LogP contribution in [0.2, 0.25) is 0 Å². The molecule has 0 unspecified atom stereocenters. The first kappa shape index (κ1) is 18.4. The Morgan fingerprint density at radius 3 is 2.71 bits per heavy atom. The fourth-order valence-corrected chi connectivity index (χ4v) is 4.08. The average molecular weight is 396 g/mol. The van der Waals surface area contributed by atoms with Gasteiger partial charge in [0.25, 0.3) is 5.91 Å². The van der Waals surface area contributed by atoms with Gasteiger partial charge in [-0.3, -0.25) is 4.79 Å². The number of nitrogens with one attached hydrogen (secondary N) is 1. The SMILES string of the molecule is O=C(NCCc1ccccc1F)c1cc2sccc2n1Cc1cccc(F)c1. The number of carbonyl (C=O) groups is 1. The Bertz CT molecular complexity index is 1130. The lowest BCUT2D eigenvalue weighted by Crippen LogP contribution is -2.28. The molecule has 142 valence electrons. The van der Waals surface area contributed by atoms with E-state index in [1.165, 1.54) is 18.2 Å². The average Bonchev–Trinajstić information content (AvgIpc) is 3.26. The van der Waals surface area contributed by atoms with E-state index in [0.29, 0.717) is 30.8 Å². The van der Waals surface area contributed by atoms with E-state index in [1.54, 1.807) is 35.6 Å². The number of thiophene rings is 1. The minimum atomic E-state index is -0.304. The highest BCUT2D eigenvalue weighted by atomic mass is 32.1. The highest BCUT2D eigenvalue weighted by molar-refractivity contribution is 7.17. The van der Waals surface area contributed by atoms with E-state index in [1.807, 2.05) is 28.1 Å². The van der Waals surface area contributed by atoms with Crippen LogP contribution in [0.3, 0.4) is 0 Å². The third kappa shape index (κ3) is 3.82. The predicted octanol–water partition coefficient (Wildman–Crippen LogP) is 5.00. The van der Waals surface area contributed by atoms with Gasteiger partial charge in [0.15, 0.2) is 0 Å². The van der Waals surface area contributed by atoms with Crippen molar-refractivity contribution in [2.75, 3.05) is 6.54 Å². The maximum Gasteiger partial charge on any atom is 0.267 e. The summed E-state index contributed by atoms with van der Waals surface area (Å²) in [6, 6.07) is 16.7. The molecule has 0 spiro atoms. The van der Waals surface area contributed by atoms with E-state index < -0.39 is 0 Å². The molecule has 2 heterocycles. The van der Waals surface area contributed by atoms with Crippen LogP contribution in [0.15, 0.2) is 66.0 Å². The number of hydrogen-bond acceptors (Lipinski definition) is 2. The summed E-state index contributed by atoms with van der Waals surface area (Å²) in [5.41, 5.74) is 2.80. The second-order valence-electron chi connectivity index (χ2n) is 6.51. The van der Waals surface area contributed by atoms with Crippen LogP contribution in [0.25, 0.3) is 10.2 Å². The second kappa shape index (κ2) is 7.94. The third-order valence-electron chi connectivity index (χ3n) is 4.62. The molecule has 0 saturated heterocycles. The molecule has 28 heavy (non-hydrogen) atoms. The number of halogens is 2. The van der Waals surface area contributed by atoms with E-state index in [0.717, 1.165) is 15.8 Å². The fraction of sp³-hybridized carbons (Fsp3) is 0.136. The van der Waals surface area contributed by atoms with Crippen LogP contribution in [0.5, 0.6) is 0 Å². The maximum atomic E-state index is 13.7. The van der Waals surface area contributed by atoms with Crippen molar-refractivity contribution in [3.05, 3.63) is 94.5 Å². The third-order valence-corrected chi connectivity index (χ3v) is 5.48. The topological polar surface area (TPSA) is 34.0 Å². The van der Waals surface area contributed by atoms with Gasteiger partial charge in [0.1, 0.15) is 17.3 Å². The van der Waals surface area contributed by atoms with Gasteiger partial charge < -0.3 is 9.88 Å². The van der Waals surface area contributed by atoms with Crippen molar-refractivity contribution in [2.45, 2.75) is 13.0 Å². The summed E-state index contributed by atoms with van der Waals surface area (Å²) in [6.07, 6.45) is 0.414. The molecular formula is C22H18F2N2OS. The maximum absolute atomic E-state index is 13.7. The van der Waals surface area contributed by atoms with Gasteiger partial charge in [-0.1, -0.05) is 30.3 Å². The molecule has 0 aliphatic carbocycles. The van der Waals surface area contributed by atoms with Crippen molar-refractivity contribution in [2.24, 2.45) is 0 Å². The van der Waals surface area contributed by atoms with Crippen LogP contribution >= 0.6 is 11.3 Å². The lowest BCUT2D eigenvalue weighted by molar-refractivity contribution is 0.0945. The number of rotatable bonds is 6. The molecule has 6 heteroatoms. The Morgan fingerprint density at radius 2 is 1.89 bits per heavy atom. The Morgan fingerprint density at radius 1 is 1.04 bits per heavy atom. The minimum Gasteiger partial charge on any atom is -0.350 e. The summed E-state index contributed by atoms with van der Waals surface area (Å²) in [7, 11) is 0. The van der Waals surface area contributed by atoms with Crippen molar-refractivity contribution in [3.63, 3.8) is 0 Å². The second-order valence-corrected chi connectivity index (χ2v) is 7.46. The zero-order valence-corrected chi connectivity index (χ0v) is 15.8. The number of aromatic nitrogens is 1. The lowest BCUT2D eigenvalue weighted by atomic mass is 10.1. The summed E-state index contributed by atoms with van der Waals surface area (Å²) >= 11 is 1.55. The summed E-state index contributed by atoms with van der Waals surface area (Å²) in [5.74, 6) is -0.801. The molecular weight excluding hydrogens is 378 g/mol. The highest BCUT2D eigenvalue weighted by Crippen LogP contribution is 2.26. The van der Waals surface area contributed by atoms with Crippen LogP contribution in [-0.4, -0.2) is 17.0 Å². The number of amides is 1. The highest BCUT2D eigenvalue weighted by Gasteiger charge is 2.17. The van der Waals surface area contributed by atoms with Crippen LogP contribution in [0.1, 0.15) is 21.6 Å². The quantitative estimate of drug-likeness (QED) is 0.489. The van der Waals surface area contributed by atoms with Gasteiger partial charge in [0.05, 0.1) is 10.2 Å². The first-order valence-corrected chi connectivity index (χ1v) is 9.82. The number of hydrogen-bond donors (Lipinski definition) is 1. The molecule has 0 aliphatic rings. The van der Waals surface area contributed by atoms with Crippen molar-refractivity contribution in [1.82, 2.24) is 9.88 Å². The van der Waals surface area contributed by atoms with Crippen molar-refractivity contribution >= 4 is 27.5 Å². The van der Waals surface area contributed by atoms with Crippen LogP contribution in [0, 0.1) is 11.6 Å². The number of nitrogens with zero attached hydrogens (tertiary/aromatic N) is 1. The van der Waals surface area contributed by atoms with Crippen molar-refractivity contribution in [3.8, 4) is 0 Å². The van der Waals surface area contributed by atoms with Crippen LogP contribution < -0.4 is 5.32 Å². The number of carbonyl (C=O) groups excluding carboxylic acids is 1. The molecule has 2 aromatic heterocycles. The van der Waals surface area contributed by atoms with Gasteiger partial charge in [-0.25, -0.2) is 8.78 Å². The molecule has 0 fully saturated rings. The minimum absolute atomic E-state index is 0.226. The van der Waals surface area contributed by atoms with Gasteiger partial charge in [0, 0.05) is 13.1 Å². The predicted molar refractivity (Wildman–Crippen MR) is 108 cm³/mol. The standard InChI is InChI=1S/C22H18F2N2OS/c23-17-6-3-4-15(12-17)14-26-19-9-11-28-21(19)13-20(26)22(27)25-10-8-16-5-1-2-7-18(16)24/h1-7,9,11-13H,8,10,14H2,(H,25,27). The van der Waals surface area contributed by atoms with Gasteiger partial charge in [-0.2, -0.15) is 0 Å². The van der Waals surface area contributed by atoms with Gasteiger partial charge in [-0.15, -0.1) is 11.3 Å². The van der Waals surface area contributed by atoms with Crippen LogP contribution in [-0.2, 0) is 13.0 Å². The van der Waals surface area contributed by atoms with E-state index in [4.69, 9.17) is 0 Å². The molecule has 0 atom stereocenters. The zero-order valence-electron chi connectivity index (χ0n) is 15.0. The molecule has 0 saturated carbocycles. The first-order chi connectivity index (χ1) is 13.6. The molecule has 4 aromatic rings. The Kier molecular flexibility index (Phi) is 5.21. The Balaban J connectivity index is 1.53. The molecule has 2 aromatic carbocycles. The van der Waals surface area contributed by atoms with E-state index >= 15 is 0 Å². The smallest absolute Gasteiger partial charge is 0.267 e. The largest absolute Gasteiger partial charge is 0.350 e. The molecule has 0 bridgehead atoms. The molecule has 3 nitrogen and oxygen atoms in total. The summed E-state index contributed by atoms with van der Waals surface area (Å²) in [5, 5.41) is 4.83. The monoisotopic (exact) mass is 396 g/mol. The van der Waals surface area contributed by atoms with Crippen molar-refractivity contribution in [1.29, 1.82) is 0 Å². The summed E-state index contributed by atoms with van der Waals surface area (Å²) in [6.45, 7) is 0.729. The van der Waals surface area contributed by atoms with E-state index in [9.17, 15) is 13.6 Å². The molecule has 0 aliphatic heterocycles. The fourth-order valence-electron chi connectivity index (χ4n) is 3.26. The Hall–Kier alpha value is -2.99. The zero-order chi connectivity index (χ0) is 19.5. The van der Waals surface area contributed by atoms with E-state index in [-0.39, 0.29) is 17.5 Å². The molecule has 1 N–H and O–H groups in total. The van der Waals surface area contributed by atoms with Gasteiger partial charge >= 0.3 is 0 Å². The van der Waals surface area contributed by atoms with Crippen LogP contribution in [0.4, 0.5) is 8.78 Å². The summed E-state index contributed by atoms with van der Waals surface area (Å²) in [4.78, 5) is 12.8. The van der Waals surface area contributed by atoms with Gasteiger partial charge in [-0.05, 0) is 53.3 Å². The number of benzene rings is 2. The summed E-state index contributed by atoms with van der Waals surface area (Å²) < 4.78 is 30.2. The van der Waals surface area contributed by atoms with Crippen molar-refractivity contribution < 1.29 is 13.6 Å². The molecule has 0 radical (unpaired) electrons. The normalized spacial score (nSPS) is 11.1. The molecule has 1 amide bonds. The van der Waals surface area contributed by atoms with E-state index in [2.05, 4.69) is 5.32 Å². The lowest BCUT2D eigenvalue weighted by Gasteiger charge is -2.11.